The first-order valence-electron chi connectivity index (χ1n) is 4.80. The number of sulfone groups is 1. The Morgan fingerprint density at radius 3 is 2.78 bits per heavy atom. The summed E-state index contributed by atoms with van der Waals surface area (Å²) in [5.41, 5.74) is 0. The molecule has 0 unspecified atom stereocenters. The highest BCUT2D eigenvalue weighted by molar-refractivity contribution is 8.11. The zero-order valence-corrected chi connectivity index (χ0v) is 9.79. The standard InChI is InChI=1S/C10H8N2O5S/c13-10(14)9-12-5-8(18(9,15)16)6-17-7-2-1-3-11-4-7/h1-5H,6H2,(H,13,14). The monoisotopic (exact) mass is 268 g/mol. The summed E-state index contributed by atoms with van der Waals surface area (Å²) in [6.45, 7) is -0.283. The maximum absolute atomic E-state index is 11.7. The van der Waals surface area contributed by atoms with Gasteiger partial charge in [0.15, 0.2) is 0 Å². The fourth-order valence-corrected chi connectivity index (χ4v) is 2.34. The second-order valence-corrected chi connectivity index (χ2v) is 5.23. The van der Waals surface area contributed by atoms with Crippen molar-refractivity contribution in [1.29, 1.82) is 0 Å². The quantitative estimate of drug-likeness (QED) is 0.836. The van der Waals surface area contributed by atoms with Gasteiger partial charge in [-0.3, -0.25) is 4.98 Å². The molecule has 0 spiro atoms. The van der Waals surface area contributed by atoms with Crippen LogP contribution in [0.15, 0.2) is 40.6 Å². The second-order valence-electron chi connectivity index (χ2n) is 3.32. The summed E-state index contributed by atoms with van der Waals surface area (Å²) in [5.74, 6) is -1.19. The predicted molar refractivity (Wildman–Crippen MR) is 61.8 cm³/mol. The van der Waals surface area contributed by atoms with Crippen LogP contribution in [0.4, 0.5) is 0 Å². The summed E-state index contributed by atoms with van der Waals surface area (Å²) in [6, 6.07) is 3.24. The van der Waals surface area contributed by atoms with Crippen LogP contribution in [0.25, 0.3) is 0 Å². The van der Waals surface area contributed by atoms with Crippen molar-refractivity contribution in [3.63, 3.8) is 0 Å². The van der Waals surface area contributed by atoms with Crippen molar-refractivity contribution in [2.24, 2.45) is 4.99 Å². The SMILES string of the molecule is O=C(O)C1=NC=C(COc2cccnc2)S1(=O)=O. The first-order valence-corrected chi connectivity index (χ1v) is 6.28. The highest BCUT2D eigenvalue weighted by Crippen LogP contribution is 2.19. The first kappa shape index (κ1) is 12.2. The largest absolute Gasteiger partial charge is 0.486 e. The number of hydrogen-bond donors (Lipinski definition) is 1. The molecular formula is C10H8N2O5S. The average Bonchev–Trinajstić information content (AvgIpc) is 2.63. The van der Waals surface area contributed by atoms with E-state index in [1.165, 1.54) is 6.20 Å². The number of aliphatic imine (C=N–C) groups is 1. The number of ether oxygens (including phenoxy) is 1. The molecule has 7 nitrogen and oxygen atoms in total. The maximum atomic E-state index is 11.7. The van der Waals surface area contributed by atoms with Gasteiger partial charge in [-0.05, 0) is 12.1 Å². The van der Waals surface area contributed by atoms with Crippen molar-refractivity contribution >= 4 is 20.9 Å². The van der Waals surface area contributed by atoms with E-state index in [1.54, 1.807) is 18.3 Å². The Morgan fingerprint density at radius 1 is 1.44 bits per heavy atom. The van der Waals surface area contributed by atoms with Crippen LogP contribution in [0.1, 0.15) is 0 Å². The van der Waals surface area contributed by atoms with Crippen molar-refractivity contribution in [2.75, 3.05) is 6.61 Å². The molecule has 0 aliphatic carbocycles. The Morgan fingerprint density at radius 2 is 2.22 bits per heavy atom. The van der Waals surface area contributed by atoms with Crippen molar-refractivity contribution in [3.05, 3.63) is 35.6 Å². The third-order valence-corrected chi connectivity index (χ3v) is 3.83. The van der Waals surface area contributed by atoms with Crippen LogP contribution >= 0.6 is 0 Å². The zero-order valence-electron chi connectivity index (χ0n) is 8.98. The van der Waals surface area contributed by atoms with Crippen LogP contribution in [0, 0.1) is 0 Å². The van der Waals surface area contributed by atoms with Gasteiger partial charge in [-0.25, -0.2) is 18.2 Å². The van der Waals surface area contributed by atoms with Gasteiger partial charge in [-0.2, -0.15) is 0 Å². The maximum Gasteiger partial charge on any atom is 0.366 e. The molecule has 1 aliphatic rings. The molecule has 2 rings (SSSR count). The van der Waals surface area contributed by atoms with Gasteiger partial charge in [0, 0.05) is 12.4 Å². The van der Waals surface area contributed by atoms with Crippen molar-refractivity contribution in [3.8, 4) is 5.75 Å². The number of aliphatic carboxylic acids is 1. The number of hydrogen-bond acceptors (Lipinski definition) is 6. The van der Waals surface area contributed by atoms with Gasteiger partial charge < -0.3 is 9.84 Å². The van der Waals surface area contributed by atoms with Crippen molar-refractivity contribution < 1.29 is 23.1 Å². The molecule has 8 heteroatoms. The lowest BCUT2D eigenvalue weighted by Crippen LogP contribution is -2.24. The molecule has 1 N–H and O–H groups in total. The molecule has 0 atom stereocenters. The molecular weight excluding hydrogens is 260 g/mol. The molecule has 2 heterocycles. The minimum atomic E-state index is -4.03. The summed E-state index contributed by atoms with van der Waals surface area (Å²) in [7, 11) is -4.03. The third kappa shape index (κ3) is 2.23. The van der Waals surface area contributed by atoms with E-state index in [9.17, 15) is 13.2 Å². The fraction of sp³-hybridized carbons (Fsp3) is 0.100. The van der Waals surface area contributed by atoms with Gasteiger partial charge in [0.05, 0.1) is 6.20 Å². The highest BCUT2D eigenvalue weighted by Gasteiger charge is 2.35. The first-order chi connectivity index (χ1) is 8.51. The Hall–Kier alpha value is -2.22. The predicted octanol–water partition coefficient (Wildman–Crippen LogP) is 0.213. The fourth-order valence-electron chi connectivity index (χ4n) is 1.27. The molecule has 1 aliphatic heterocycles. The number of aromatic nitrogens is 1. The summed E-state index contributed by atoms with van der Waals surface area (Å²) in [4.78, 5) is 17.6. The van der Waals surface area contributed by atoms with Gasteiger partial charge in [-0.1, -0.05) is 0 Å². The summed E-state index contributed by atoms with van der Waals surface area (Å²) < 4.78 is 28.5. The molecule has 0 saturated heterocycles. The Balaban J connectivity index is 2.08. The number of nitrogens with zero attached hydrogens (tertiary/aromatic N) is 2. The van der Waals surface area contributed by atoms with Gasteiger partial charge in [-0.15, -0.1) is 0 Å². The lowest BCUT2D eigenvalue weighted by atomic mass is 10.5. The van der Waals surface area contributed by atoms with E-state index < -0.39 is 20.9 Å². The summed E-state index contributed by atoms with van der Waals surface area (Å²) >= 11 is 0. The van der Waals surface area contributed by atoms with Crippen LogP contribution in [0.2, 0.25) is 0 Å². The molecule has 0 fully saturated rings. The molecule has 1 aromatic rings. The molecule has 94 valence electrons. The molecule has 1 aromatic heterocycles. The Labute approximate surface area is 102 Å². The van der Waals surface area contributed by atoms with E-state index >= 15 is 0 Å². The van der Waals surface area contributed by atoms with Gasteiger partial charge in [0.1, 0.15) is 17.3 Å². The van der Waals surface area contributed by atoms with Gasteiger partial charge in [0.2, 0.25) is 14.9 Å². The smallest absolute Gasteiger partial charge is 0.366 e. The molecule has 0 radical (unpaired) electrons. The lowest BCUT2D eigenvalue weighted by Gasteiger charge is -2.05. The normalized spacial score (nSPS) is 16.9. The number of carbonyl (C=O) groups is 1. The minimum absolute atomic E-state index is 0.191. The zero-order chi connectivity index (χ0) is 13.2. The van der Waals surface area contributed by atoms with E-state index in [4.69, 9.17) is 9.84 Å². The van der Waals surface area contributed by atoms with Crippen LogP contribution < -0.4 is 4.74 Å². The summed E-state index contributed by atoms with van der Waals surface area (Å²) in [6.07, 6.45) is 3.94. The van der Waals surface area contributed by atoms with E-state index in [1.807, 2.05) is 0 Å². The molecule has 0 aromatic carbocycles. The second kappa shape index (κ2) is 4.57. The minimum Gasteiger partial charge on any atom is -0.486 e. The number of rotatable bonds is 4. The van der Waals surface area contributed by atoms with E-state index in [-0.39, 0.29) is 11.5 Å². The van der Waals surface area contributed by atoms with Gasteiger partial charge in [0.25, 0.3) is 0 Å². The van der Waals surface area contributed by atoms with Crippen molar-refractivity contribution in [1.82, 2.24) is 4.98 Å². The number of pyridine rings is 1. The highest BCUT2D eigenvalue weighted by atomic mass is 32.2. The molecule has 0 amide bonds. The van der Waals surface area contributed by atoms with Crippen LogP contribution in [-0.2, 0) is 14.6 Å². The lowest BCUT2D eigenvalue weighted by molar-refractivity contribution is -0.129. The number of carboxylic acid groups (broad SMARTS) is 1. The average molecular weight is 268 g/mol. The molecule has 0 bridgehead atoms. The van der Waals surface area contributed by atoms with Crippen LogP contribution in [0.3, 0.4) is 0 Å². The van der Waals surface area contributed by atoms with Gasteiger partial charge >= 0.3 is 5.97 Å². The van der Waals surface area contributed by atoms with E-state index in [0.29, 0.717) is 5.75 Å². The molecule has 0 saturated carbocycles. The topological polar surface area (TPSA) is 106 Å². The van der Waals surface area contributed by atoms with Crippen LogP contribution in [0.5, 0.6) is 5.75 Å². The third-order valence-electron chi connectivity index (χ3n) is 2.12. The van der Waals surface area contributed by atoms with Crippen LogP contribution in [-0.4, -0.2) is 36.1 Å². The number of carboxylic acids is 1. The van der Waals surface area contributed by atoms with Crippen molar-refractivity contribution in [2.45, 2.75) is 0 Å². The molecule has 18 heavy (non-hydrogen) atoms. The summed E-state index contributed by atoms with van der Waals surface area (Å²) in [5, 5.41) is 7.78. The van der Waals surface area contributed by atoms with E-state index in [0.717, 1.165) is 6.20 Å². The Kier molecular flexibility index (Phi) is 3.11. The Bertz CT molecular complexity index is 633. The van der Waals surface area contributed by atoms with E-state index in [2.05, 4.69) is 9.98 Å².